The van der Waals surface area contributed by atoms with Crippen LogP contribution in [0.15, 0.2) is 36.4 Å². The van der Waals surface area contributed by atoms with E-state index in [4.69, 9.17) is 11.6 Å². The van der Waals surface area contributed by atoms with E-state index in [1.54, 1.807) is 36.2 Å². The predicted octanol–water partition coefficient (Wildman–Crippen LogP) is 3.86. The lowest BCUT2D eigenvalue weighted by molar-refractivity contribution is 0.100. The van der Waals surface area contributed by atoms with Gasteiger partial charge in [-0.3, -0.25) is 4.79 Å². The van der Waals surface area contributed by atoms with Crippen molar-refractivity contribution < 1.29 is 9.18 Å². The molecule has 2 aromatic rings. The van der Waals surface area contributed by atoms with Crippen LogP contribution in [0.4, 0.5) is 10.1 Å². The first-order chi connectivity index (χ1) is 8.56. The Morgan fingerprint density at radius 3 is 2.50 bits per heavy atom. The number of carbonyl (C=O) groups is 1. The molecule has 0 aliphatic rings. The second-order valence-corrected chi connectivity index (χ2v) is 5.57. The van der Waals surface area contributed by atoms with Crippen molar-refractivity contribution in [1.82, 2.24) is 0 Å². The van der Waals surface area contributed by atoms with Crippen molar-refractivity contribution in [2.45, 2.75) is 0 Å². The molecule has 1 heterocycles. The Balaban J connectivity index is 2.05. The smallest absolute Gasteiger partial charge is 0.192 e. The number of Topliss-reactive ketones (excluding diaryl/α,β-unsaturated/α-hetero) is 1. The second-order valence-electron chi connectivity index (χ2n) is 3.86. The third kappa shape index (κ3) is 3.09. The van der Waals surface area contributed by atoms with E-state index in [1.165, 1.54) is 23.5 Å². The first kappa shape index (κ1) is 13.1. The molecule has 0 spiro atoms. The fourth-order valence-electron chi connectivity index (χ4n) is 1.54. The summed E-state index contributed by atoms with van der Waals surface area (Å²) in [7, 11) is 1.79. The first-order valence-electron chi connectivity index (χ1n) is 5.31. The van der Waals surface area contributed by atoms with Crippen LogP contribution in [0, 0.1) is 5.82 Å². The number of rotatable bonds is 4. The summed E-state index contributed by atoms with van der Waals surface area (Å²) in [6.45, 7) is 0.239. The molecule has 1 aromatic heterocycles. The van der Waals surface area contributed by atoms with Gasteiger partial charge in [-0.1, -0.05) is 11.6 Å². The quantitative estimate of drug-likeness (QED) is 0.794. The van der Waals surface area contributed by atoms with Gasteiger partial charge in [0.1, 0.15) is 5.82 Å². The zero-order valence-corrected chi connectivity index (χ0v) is 11.3. The number of nitrogens with zero attached hydrogens (tertiary/aromatic N) is 1. The number of ketones is 1. The second kappa shape index (κ2) is 5.50. The SMILES string of the molecule is CN(CC(=O)c1ccc(Cl)s1)c1ccc(F)cc1. The summed E-state index contributed by atoms with van der Waals surface area (Å²) in [4.78, 5) is 14.4. The summed E-state index contributed by atoms with van der Waals surface area (Å²) in [6.07, 6.45) is 0. The number of carbonyl (C=O) groups excluding carboxylic acids is 1. The molecule has 0 aliphatic carbocycles. The average Bonchev–Trinajstić information content (AvgIpc) is 2.76. The zero-order chi connectivity index (χ0) is 13.1. The highest BCUT2D eigenvalue weighted by Gasteiger charge is 2.12. The monoisotopic (exact) mass is 283 g/mol. The minimum atomic E-state index is -0.288. The predicted molar refractivity (Wildman–Crippen MR) is 73.3 cm³/mol. The first-order valence-corrected chi connectivity index (χ1v) is 6.51. The maximum absolute atomic E-state index is 12.8. The standard InChI is InChI=1S/C13H11ClFNOS/c1-16(10-4-2-9(15)3-5-10)8-11(17)12-6-7-13(14)18-12/h2-7H,8H2,1H3. The Hall–Kier alpha value is -1.39. The fraction of sp³-hybridized carbons (Fsp3) is 0.154. The normalized spacial score (nSPS) is 10.4. The number of halogens is 2. The van der Waals surface area contributed by atoms with Crippen LogP contribution in [0.2, 0.25) is 4.34 Å². The van der Waals surface area contributed by atoms with Gasteiger partial charge >= 0.3 is 0 Å². The molecular formula is C13H11ClFNOS. The largest absolute Gasteiger partial charge is 0.367 e. The number of benzene rings is 1. The summed E-state index contributed by atoms with van der Waals surface area (Å²) in [5.41, 5.74) is 0.799. The Morgan fingerprint density at radius 1 is 1.28 bits per heavy atom. The van der Waals surface area contributed by atoms with Crippen LogP contribution in [0.1, 0.15) is 9.67 Å². The molecular weight excluding hydrogens is 273 g/mol. The Bertz CT molecular complexity index is 552. The van der Waals surface area contributed by atoms with Crippen molar-refractivity contribution >= 4 is 34.4 Å². The number of hydrogen-bond donors (Lipinski definition) is 0. The molecule has 2 nitrogen and oxygen atoms in total. The lowest BCUT2D eigenvalue weighted by atomic mass is 10.2. The Labute approximate surface area is 114 Å². The van der Waals surface area contributed by atoms with Crippen LogP contribution >= 0.6 is 22.9 Å². The molecule has 0 saturated heterocycles. The molecule has 94 valence electrons. The summed E-state index contributed by atoms with van der Waals surface area (Å²) in [6, 6.07) is 9.45. The highest BCUT2D eigenvalue weighted by atomic mass is 35.5. The zero-order valence-electron chi connectivity index (χ0n) is 9.69. The molecule has 0 aliphatic heterocycles. The molecule has 0 amide bonds. The number of anilines is 1. The lowest BCUT2D eigenvalue weighted by Gasteiger charge is -2.17. The van der Waals surface area contributed by atoms with Crippen molar-refractivity contribution in [3.8, 4) is 0 Å². The van der Waals surface area contributed by atoms with Crippen molar-refractivity contribution in [2.24, 2.45) is 0 Å². The van der Waals surface area contributed by atoms with Crippen LogP contribution in [-0.2, 0) is 0 Å². The molecule has 0 unspecified atom stereocenters. The van der Waals surface area contributed by atoms with Crippen LogP contribution < -0.4 is 4.90 Å². The van der Waals surface area contributed by atoms with Crippen molar-refractivity contribution in [3.63, 3.8) is 0 Å². The minimum Gasteiger partial charge on any atom is -0.367 e. The topological polar surface area (TPSA) is 20.3 Å². The van der Waals surface area contributed by atoms with Gasteiger partial charge in [-0.2, -0.15) is 0 Å². The molecule has 0 bridgehead atoms. The van der Waals surface area contributed by atoms with Crippen molar-refractivity contribution in [2.75, 3.05) is 18.5 Å². The molecule has 0 saturated carbocycles. The van der Waals surface area contributed by atoms with Gasteiger partial charge in [-0.05, 0) is 36.4 Å². The van der Waals surface area contributed by atoms with E-state index < -0.39 is 0 Å². The Morgan fingerprint density at radius 2 is 1.94 bits per heavy atom. The van der Waals surface area contributed by atoms with E-state index in [1.807, 2.05) is 0 Å². The number of hydrogen-bond acceptors (Lipinski definition) is 3. The van der Waals surface area contributed by atoms with Gasteiger partial charge in [0, 0.05) is 12.7 Å². The minimum absolute atomic E-state index is 0.00118. The molecule has 18 heavy (non-hydrogen) atoms. The van der Waals surface area contributed by atoms with E-state index in [0.29, 0.717) is 9.21 Å². The maximum atomic E-state index is 12.8. The summed E-state index contributed by atoms with van der Waals surface area (Å²) >= 11 is 7.05. The van der Waals surface area contributed by atoms with Gasteiger partial charge in [0.2, 0.25) is 0 Å². The molecule has 1 aromatic carbocycles. The summed E-state index contributed by atoms with van der Waals surface area (Å²) in [5.74, 6) is -0.290. The highest BCUT2D eigenvalue weighted by molar-refractivity contribution is 7.18. The van der Waals surface area contributed by atoms with Crippen LogP contribution in [0.5, 0.6) is 0 Å². The van der Waals surface area contributed by atoms with Gasteiger partial charge in [-0.15, -0.1) is 11.3 Å². The van der Waals surface area contributed by atoms with Crippen LogP contribution in [0.3, 0.4) is 0 Å². The van der Waals surface area contributed by atoms with Gasteiger partial charge in [0.15, 0.2) is 5.78 Å². The van der Waals surface area contributed by atoms with Gasteiger partial charge in [0.05, 0.1) is 15.8 Å². The van der Waals surface area contributed by atoms with Crippen molar-refractivity contribution in [1.29, 1.82) is 0 Å². The van der Waals surface area contributed by atoms with E-state index in [9.17, 15) is 9.18 Å². The van der Waals surface area contributed by atoms with E-state index in [2.05, 4.69) is 0 Å². The van der Waals surface area contributed by atoms with E-state index in [0.717, 1.165) is 5.69 Å². The van der Waals surface area contributed by atoms with Gasteiger partial charge < -0.3 is 4.90 Å². The molecule has 0 atom stereocenters. The average molecular weight is 284 g/mol. The van der Waals surface area contributed by atoms with Crippen LogP contribution in [-0.4, -0.2) is 19.4 Å². The molecule has 0 N–H and O–H groups in total. The maximum Gasteiger partial charge on any atom is 0.192 e. The molecule has 2 rings (SSSR count). The Kier molecular flexibility index (Phi) is 3.99. The number of likely N-dealkylation sites (N-methyl/N-ethyl adjacent to an activating group) is 1. The fourth-order valence-corrected chi connectivity index (χ4v) is 2.52. The summed E-state index contributed by atoms with van der Waals surface area (Å²) < 4.78 is 13.4. The van der Waals surface area contributed by atoms with Gasteiger partial charge in [-0.25, -0.2) is 4.39 Å². The van der Waals surface area contributed by atoms with Crippen molar-refractivity contribution in [3.05, 3.63) is 51.4 Å². The third-order valence-electron chi connectivity index (χ3n) is 2.50. The van der Waals surface area contributed by atoms with Crippen LogP contribution in [0.25, 0.3) is 0 Å². The summed E-state index contributed by atoms with van der Waals surface area (Å²) in [5, 5.41) is 0. The van der Waals surface area contributed by atoms with E-state index in [-0.39, 0.29) is 18.1 Å². The highest BCUT2D eigenvalue weighted by Crippen LogP contribution is 2.22. The molecule has 0 fully saturated rings. The molecule has 0 radical (unpaired) electrons. The lowest BCUT2D eigenvalue weighted by Crippen LogP contribution is -2.25. The van der Waals surface area contributed by atoms with E-state index >= 15 is 0 Å². The third-order valence-corrected chi connectivity index (χ3v) is 3.77. The van der Waals surface area contributed by atoms with Gasteiger partial charge in [0.25, 0.3) is 0 Å². The number of thiophene rings is 1. The molecule has 5 heteroatoms.